The summed E-state index contributed by atoms with van der Waals surface area (Å²) in [5.41, 5.74) is -0.204. The number of nitrogens with zero attached hydrogens (tertiary/aromatic N) is 6. The van der Waals surface area contributed by atoms with Crippen molar-refractivity contribution in [2.24, 2.45) is 0 Å². The number of aromatic nitrogens is 2. The number of carbonyl (C=O) groups is 1. The molecule has 3 aliphatic rings. The molecule has 0 N–H and O–H groups in total. The monoisotopic (exact) mass is 640 g/mol. The maximum atomic E-state index is 16.7. The van der Waals surface area contributed by atoms with Gasteiger partial charge in [0.25, 0.3) is 5.91 Å². The van der Waals surface area contributed by atoms with Gasteiger partial charge in [0.05, 0.1) is 25.1 Å². The molecule has 2 saturated heterocycles. The summed E-state index contributed by atoms with van der Waals surface area (Å²) in [6, 6.07) is 11.5. The van der Waals surface area contributed by atoms with Gasteiger partial charge in [-0.1, -0.05) is 48.5 Å². The minimum absolute atomic E-state index is 0.0321. The number of carbonyl (C=O) groups excluding carboxylic acids is 1. The number of amides is 1. The average Bonchev–Trinajstić information content (AvgIpc) is 3.44. The number of likely N-dealkylation sites (tertiary alicyclic amines) is 1. The number of rotatable bonds is 7. The Morgan fingerprint density at radius 1 is 1.20 bits per heavy atom. The standard InChI is InChI=1S/C32H32ClF3N6O3/c1-19(34)30(43)42-15-14-41(16-21(42)11-12-37)29-24-18-44-28(23-9-3-6-20-7-4-10-25(33)26(20)23)32(35,36)27(24)38-31(39-29)45-17-22-8-5-13-40(22)2/h3-4,6-7,9-10,21-22,28H,1,5,8,11,13-18H2,2H3/t21-,22-,28?/m0/s1. The third-order valence-electron chi connectivity index (χ3n) is 8.85. The van der Waals surface area contributed by atoms with Gasteiger partial charge in [0, 0.05) is 41.6 Å². The number of benzene rings is 2. The van der Waals surface area contributed by atoms with Gasteiger partial charge in [-0.2, -0.15) is 24.0 Å². The summed E-state index contributed by atoms with van der Waals surface area (Å²) in [6.45, 7) is 4.21. The Labute approximate surface area is 263 Å². The van der Waals surface area contributed by atoms with Crippen molar-refractivity contribution < 1.29 is 27.4 Å². The highest BCUT2D eigenvalue weighted by atomic mass is 35.5. The lowest BCUT2D eigenvalue weighted by molar-refractivity contribution is -0.170. The zero-order valence-electron chi connectivity index (χ0n) is 24.7. The van der Waals surface area contributed by atoms with Crippen LogP contribution >= 0.6 is 11.6 Å². The number of fused-ring (bicyclic) bond motifs is 2. The summed E-state index contributed by atoms with van der Waals surface area (Å²) in [5.74, 6) is -5.49. The highest BCUT2D eigenvalue weighted by Crippen LogP contribution is 2.51. The molecule has 3 atom stereocenters. The van der Waals surface area contributed by atoms with Crippen LogP contribution in [0.15, 0.2) is 48.8 Å². The molecule has 9 nitrogen and oxygen atoms in total. The average molecular weight is 641 g/mol. The van der Waals surface area contributed by atoms with E-state index in [1.165, 1.54) is 4.90 Å². The lowest BCUT2D eigenvalue weighted by atomic mass is 9.91. The summed E-state index contributed by atoms with van der Waals surface area (Å²) in [5, 5.41) is 10.9. The topological polar surface area (TPSA) is 94.8 Å². The minimum atomic E-state index is -3.61. The number of nitriles is 1. The van der Waals surface area contributed by atoms with Gasteiger partial charge in [0.2, 0.25) is 0 Å². The van der Waals surface area contributed by atoms with Crippen LogP contribution in [0.4, 0.5) is 19.0 Å². The highest BCUT2D eigenvalue weighted by Gasteiger charge is 2.52. The predicted octanol–water partition coefficient (Wildman–Crippen LogP) is 5.53. The smallest absolute Gasteiger partial charge is 0.320 e. The van der Waals surface area contributed by atoms with Crippen LogP contribution < -0.4 is 9.64 Å². The Morgan fingerprint density at radius 2 is 1.98 bits per heavy atom. The van der Waals surface area contributed by atoms with E-state index in [1.807, 2.05) is 13.1 Å². The van der Waals surface area contributed by atoms with Gasteiger partial charge in [-0.05, 0) is 43.5 Å². The van der Waals surface area contributed by atoms with Crippen molar-refractivity contribution in [3.8, 4) is 12.1 Å². The van der Waals surface area contributed by atoms with Gasteiger partial charge in [0.15, 0.2) is 11.9 Å². The largest absolute Gasteiger partial charge is 0.462 e. The van der Waals surface area contributed by atoms with E-state index in [9.17, 15) is 14.4 Å². The first-order valence-corrected chi connectivity index (χ1v) is 15.2. The summed E-state index contributed by atoms with van der Waals surface area (Å²) in [4.78, 5) is 26.4. The molecular formula is C32H32ClF3N6O3. The number of halogens is 4. The van der Waals surface area contributed by atoms with Crippen LogP contribution in [-0.2, 0) is 22.1 Å². The summed E-state index contributed by atoms with van der Waals surface area (Å²) >= 11 is 6.50. The molecule has 2 fully saturated rings. The molecule has 4 heterocycles. The van der Waals surface area contributed by atoms with Crippen LogP contribution in [0.25, 0.3) is 10.8 Å². The molecule has 0 aliphatic carbocycles. The molecule has 1 aromatic heterocycles. The van der Waals surface area contributed by atoms with Crippen LogP contribution in [0, 0.1) is 11.3 Å². The molecule has 6 rings (SSSR count). The Morgan fingerprint density at radius 3 is 2.69 bits per heavy atom. The van der Waals surface area contributed by atoms with E-state index in [4.69, 9.17) is 21.1 Å². The number of alkyl halides is 2. The zero-order valence-corrected chi connectivity index (χ0v) is 25.4. The van der Waals surface area contributed by atoms with Crippen molar-refractivity contribution in [1.29, 1.82) is 5.26 Å². The molecule has 13 heteroatoms. The zero-order chi connectivity index (χ0) is 31.9. The Kier molecular flexibility index (Phi) is 8.61. The van der Waals surface area contributed by atoms with Gasteiger partial charge in [0.1, 0.15) is 18.1 Å². The van der Waals surface area contributed by atoms with Gasteiger partial charge >= 0.3 is 11.9 Å². The van der Waals surface area contributed by atoms with Crippen molar-refractivity contribution in [3.05, 3.63) is 70.6 Å². The van der Waals surface area contributed by atoms with E-state index >= 15 is 8.78 Å². The first kappa shape index (κ1) is 31.1. The number of hydrogen-bond acceptors (Lipinski definition) is 8. The maximum Gasteiger partial charge on any atom is 0.320 e. The molecule has 236 valence electrons. The third kappa shape index (κ3) is 5.80. The molecule has 45 heavy (non-hydrogen) atoms. The SMILES string of the molecule is C=C(F)C(=O)N1CCN(c2nc(OC[C@@H]3CCCN3C)nc3c2COC(c2cccc4cccc(Cl)c24)C3(F)F)C[C@@H]1CC#N. The van der Waals surface area contributed by atoms with E-state index in [1.54, 1.807) is 41.3 Å². The number of anilines is 1. The van der Waals surface area contributed by atoms with Gasteiger partial charge < -0.3 is 24.2 Å². The first-order valence-electron chi connectivity index (χ1n) is 14.8. The fourth-order valence-electron chi connectivity index (χ4n) is 6.52. The molecule has 0 radical (unpaired) electrons. The number of likely N-dealkylation sites (N-methyl/N-ethyl adjacent to an activating group) is 1. The molecule has 1 unspecified atom stereocenters. The molecular weight excluding hydrogens is 609 g/mol. The quantitative estimate of drug-likeness (QED) is 0.311. The Bertz CT molecular complexity index is 1680. The van der Waals surface area contributed by atoms with E-state index in [0.717, 1.165) is 19.4 Å². The molecule has 3 aliphatic heterocycles. The van der Waals surface area contributed by atoms with Crippen molar-refractivity contribution in [3.63, 3.8) is 0 Å². The van der Waals surface area contributed by atoms with Crippen LogP contribution in [-0.4, -0.2) is 77.6 Å². The van der Waals surface area contributed by atoms with E-state index in [-0.39, 0.29) is 68.3 Å². The normalized spacial score (nSPS) is 23.1. The second-order valence-electron chi connectivity index (χ2n) is 11.6. The molecule has 1 amide bonds. The first-order chi connectivity index (χ1) is 21.6. The van der Waals surface area contributed by atoms with Gasteiger partial charge in [-0.15, -0.1) is 0 Å². The number of ether oxygens (including phenoxy) is 2. The molecule has 3 aromatic rings. The molecule has 2 aromatic carbocycles. The fourth-order valence-corrected chi connectivity index (χ4v) is 6.81. The fraction of sp³-hybridized carbons (Fsp3) is 0.438. The van der Waals surface area contributed by atoms with Crippen LogP contribution in [0.5, 0.6) is 6.01 Å². The van der Waals surface area contributed by atoms with Crippen LogP contribution in [0.3, 0.4) is 0 Å². The van der Waals surface area contributed by atoms with Crippen molar-refractivity contribution in [2.45, 2.75) is 50.0 Å². The van der Waals surface area contributed by atoms with Crippen molar-refractivity contribution >= 4 is 34.1 Å². The lowest BCUT2D eigenvalue weighted by Gasteiger charge is -2.42. The van der Waals surface area contributed by atoms with Crippen LogP contribution in [0.2, 0.25) is 5.02 Å². The number of hydrogen-bond donors (Lipinski definition) is 0. The molecule has 0 bridgehead atoms. The van der Waals surface area contributed by atoms with Crippen molar-refractivity contribution in [2.75, 3.05) is 44.7 Å². The predicted molar refractivity (Wildman–Crippen MR) is 162 cm³/mol. The van der Waals surface area contributed by atoms with E-state index in [2.05, 4.69) is 21.4 Å². The van der Waals surface area contributed by atoms with E-state index < -0.39 is 35.5 Å². The Balaban J connectivity index is 1.41. The summed E-state index contributed by atoms with van der Waals surface area (Å²) < 4.78 is 59.1. The van der Waals surface area contributed by atoms with Gasteiger partial charge in [-0.3, -0.25) is 4.79 Å². The summed E-state index contributed by atoms with van der Waals surface area (Å²) in [7, 11) is 1.98. The van der Waals surface area contributed by atoms with E-state index in [0.29, 0.717) is 15.8 Å². The second kappa shape index (κ2) is 12.5. The Hall–Kier alpha value is -3.92. The minimum Gasteiger partial charge on any atom is -0.462 e. The molecule has 0 spiro atoms. The number of piperazine rings is 1. The van der Waals surface area contributed by atoms with Crippen molar-refractivity contribution in [1.82, 2.24) is 19.8 Å². The highest BCUT2D eigenvalue weighted by molar-refractivity contribution is 6.35. The maximum absolute atomic E-state index is 16.7. The van der Waals surface area contributed by atoms with Crippen LogP contribution in [0.1, 0.15) is 42.2 Å². The molecule has 0 saturated carbocycles. The van der Waals surface area contributed by atoms with Gasteiger partial charge in [-0.25, -0.2) is 4.39 Å². The third-order valence-corrected chi connectivity index (χ3v) is 9.17. The second-order valence-corrected chi connectivity index (χ2v) is 12.0. The summed E-state index contributed by atoms with van der Waals surface area (Å²) in [6.07, 6.45) is 0.103. The lowest BCUT2D eigenvalue weighted by Crippen LogP contribution is -2.56.